The largest absolute Gasteiger partial charge is 0.391 e. The van der Waals surface area contributed by atoms with Gasteiger partial charge in [-0.1, -0.05) is 68.0 Å². The van der Waals surface area contributed by atoms with Crippen LogP contribution in [-0.2, 0) is 22.6 Å². The van der Waals surface area contributed by atoms with Crippen LogP contribution in [0, 0.1) is 23.0 Å². The molecule has 0 fully saturated rings. The molecule has 2 amide bonds. The molecule has 2 aromatic rings. The Bertz CT molecular complexity index is 1340. The van der Waals surface area contributed by atoms with E-state index in [9.17, 15) is 23.5 Å². The van der Waals surface area contributed by atoms with Gasteiger partial charge in [-0.3, -0.25) is 9.59 Å². The average molecular weight is 594 g/mol. The summed E-state index contributed by atoms with van der Waals surface area (Å²) in [6.07, 6.45) is 7.75. The second-order valence-corrected chi connectivity index (χ2v) is 11.5. The highest BCUT2D eigenvalue weighted by Gasteiger charge is 2.50. The third kappa shape index (κ3) is 8.94. The number of primary amides is 1. The van der Waals surface area contributed by atoms with E-state index in [4.69, 9.17) is 5.73 Å². The van der Waals surface area contributed by atoms with Crippen LogP contribution in [0.2, 0.25) is 0 Å². The van der Waals surface area contributed by atoms with Gasteiger partial charge in [-0.15, -0.1) is 0 Å². The SMILES string of the molecule is C/C=C\c1cccc(CNC[C@H](O)[C@@H](Cc2cc(F)cc(F)c2)C2(C(=O)N(CCC)CCC)C=C(C)C=C(C(N)=O)C2)c1. The summed E-state index contributed by atoms with van der Waals surface area (Å²) < 4.78 is 28.7. The lowest BCUT2D eigenvalue weighted by molar-refractivity contribution is -0.145. The van der Waals surface area contributed by atoms with Crippen molar-refractivity contribution in [2.45, 2.75) is 66.0 Å². The van der Waals surface area contributed by atoms with Gasteiger partial charge in [0.1, 0.15) is 11.6 Å². The lowest BCUT2D eigenvalue weighted by Crippen LogP contribution is -2.54. The third-order valence-electron chi connectivity index (χ3n) is 7.86. The number of amides is 2. The lowest BCUT2D eigenvalue weighted by atomic mass is 9.63. The Hall–Kier alpha value is -3.62. The van der Waals surface area contributed by atoms with Gasteiger partial charge >= 0.3 is 0 Å². The summed E-state index contributed by atoms with van der Waals surface area (Å²) >= 11 is 0. The van der Waals surface area contributed by atoms with Crippen LogP contribution in [-0.4, -0.2) is 47.6 Å². The number of hydrogen-bond acceptors (Lipinski definition) is 4. The first-order chi connectivity index (χ1) is 20.5. The van der Waals surface area contributed by atoms with Crippen molar-refractivity contribution in [3.8, 4) is 0 Å². The normalized spacial score (nSPS) is 18.2. The van der Waals surface area contributed by atoms with E-state index in [0.29, 0.717) is 30.8 Å². The predicted octanol–water partition coefficient (Wildman–Crippen LogP) is 5.70. The molecule has 1 aliphatic carbocycles. The standard InChI is InChI=1S/C35H45F2N3O3/c1-5-9-25-10-8-11-26(15-25)22-39-23-32(41)31(18-27-16-29(36)19-30(37)17-27)35(34(43)40(12-6-2)13-7-3)20-24(4)14-28(21-35)33(38)42/h5,8-11,14-17,19-20,31-32,39,41H,6-7,12-13,18,21-23H2,1-4H3,(H2,38,42)/b9-5-/t31-,32+,35?/m1/s1. The number of carbonyl (C=O) groups is 2. The molecule has 4 N–H and O–H groups in total. The van der Waals surface area contributed by atoms with Gasteiger partial charge in [0.25, 0.3) is 0 Å². The molecule has 6 nitrogen and oxygen atoms in total. The number of allylic oxidation sites excluding steroid dienone is 3. The minimum atomic E-state index is -1.37. The zero-order valence-corrected chi connectivity index (χ0v) is 25.7. The molecular formula is C35H45F2N3O3. The van der Waals surface area contributed by atoms with Crippen LogP contribution in [0.3, 0.4) is 0 Å². The number of carbonyl (C=O) groups excluding carboxylic acids is 2. The molecule has 1 unspecified atom stereocenters. The molecule has 2 aromatic carbocycles. The first-order valence-corrected chi connectivity index (χ1v) is 15.1. The molecule has 0 aliphatic heterocycles. The summed E-state index contributed by atoms with van der Waals surface area (Å²) in [7, 11) is 0. The van der Waals surface area contributed by atoms with E-state index in [2.05, 4.69) is 5.32 Å². The Morgan fingerprint density at radius 1 is 1.09 bits per heavy atom. The maximum atomic E-state index is 14.6. The zero-order chi connectivity index (χ0) is 31.6. The van der Waals surface area contributed by atoms with E-state index in [0.717, 1.165) is 30.0 Å². The van der Waals surface area contributed by atoms with Crippen molar-refractivity contribution >= 4 is 17.9 Å². The van der Waals surface area contributed by atoms with Crippen LogP contribution in [0.4, 0.5) is 8.78 Å². The van der Waals surface area contributed by atoms with Gasteiger partial charge in [0.05, 0.1) is 11.5 Å². The number of aliphatic hydroxyl groups excluding tert-OH is 1. The number of nitrogens with zero attached hydrogens (tertiary/aromatic N) is 1. The Morgan fingerprint density at radius 2 is 1.77 bits per heavy atom. The monoisotopic (exact) mass is 593 g/mol. The quantitative estimate of drug-likeness (QED) is 0.247. The van der Waals surface area contributed by atoms with Gasteiger partial charge in [0, 0.05) is 43.7 Å². The molecule has 3 rings (SSSR count). The highest BCUT2D eigenvalue weighted by Crippen LogP contribution is 2.45. The van der Waals surface area contributed by atoms with Crippen molar-refractivity contribution < 1.29 is 23.5 Å². The van der Waals surface area contributed by atoms with Crippen LogP contribution in [0.15, 0.2) is 71.8 Å². The minimum Gasteiger partial charge on any atom is -0.391 e. The molecule has 0 spiro atoms. The van der Waals surface area contributed by atoms with Crippen molar-refractivity contribution in [3.05, 3.63) is 100 Å². The Labute approximate surface area is 254 Å². The fourth-order valence-corrected chi connectivity index (χ4v) is 6.13. The first-order valence-electron chi connectivity index (χ1n) is 15.1. The van der Waals surface area contributed by atoms with Crippen molar-refractivity contribution in [2.24, 2.45) is 17.1 Å². The fourth-order valence-electron chi connectivity index (χ4n) is 6.13. The third-order valence-corrected chi connectivity index (χ3v) is 7.86. The van der Waals surface area contributed by atoms with Crippen LogP contribution < -0.4 is 11.1 Å². The number of benzene rings is 2. The van der Waals surface area contributed by atoms with E-state index in [1.54, 1.807) is 17.9 Å². The van der Waals surface area contributed by atoms with Crippen molar-refractivity contribution in [1.29, 1.82) is 0 Å². The van der Waals surface area contributed by atoms with Crippen LogP contribution in [0.25, 0.3) is 6.08 Å². The molecule has 0 heterocycles. The maximum absolute atomic E-state index is 14.6. The first kappa shape index (κ1) is 33.9. The molecule has 43 heavy (non-hydrogen) atoms. The number of aliphatic hydroxyl groups is 1. The van der Waals surface area contributed by atoms with Gasteiger partial charge in [-0.05, 0) is 68.4 Å². The average Bonchev–Trinajstić information content (AvgIpc) is 2.95. The number of nitrogens with two attached hydrogens (primary N) is 1. The van der Waals surface area contributed by atoms with E-state index >= 15 is 0 Å². The molecule has 0 radical (unpaired) electrons. The summed E-state index contributed by atoms with van der Waals surface area (Å²) in [5.41, 5.74) is 7.70. The Kier molecular flexibility index (Phi) is 12.4. The molecule has 0 saturated heterocycles. The van der Waals surface area contributed by atoms with E-state index in [1.807, 2.05) is 63.3 Å². The summed E-state index contributed by atoms with van der Waals surface area (Å²) in [5.74, 6) is -3.20. The number of hydrogen-bond donors (Lipinski definition) is 3. The fraction of sp³-hybridized carbons (Fsp3) is 0.429. The van der Waals surface area contributed by atoms with Crippen molar-refractivity contribution in [1.82, 2.24) is 10.2 Å². The van der Waals surface area contributed by atoms with Gasteiger partial charge in [-0.25, -0.2) is 8.78 Å². The molecule has 3 atom stereocenters. The molecular weight excluding hydrogens is 548 g/mol. The molecule has 1 aliphatic rings. The van der Waals surface area contributed by atoms with Gasteiger partial charge < -0.3 is 21.1 Å². The Morgan fingerprint density at radius 3 is 2.37 bits per heavy atom. The van der Waals surface area contributed by atoms with Gasteiger partial charge in [-0.2, -0.15) is 0 Å². The molecule has 0 saturated carbocycles. The van der Waals surface area contributed by atoms with Crippen LogP contribution >= 0.6 is 0 Å². The van der Waals surface area contributed by atoms with E-state index < -0.39 is 35.0 Å². The van der Waals surface area contributed by atoms with Gasteiger partial charge in [0.15, 0.2) is 0 Å². The van der Waals surface area contributed by atoms with Crippen LogP contribution in [0.5, 0.6) is 0 Å². The smallest absolute Gasteiger partial charge is 0.244 e. The second-order valence-electron chi connectivity index (χ2n) is 11.5. The summed E-state index contributed by atoms with van der Waals surface area (Å²) in [4.78, 5) is 28.9. The summed E-state index contributed by atoms with van der Waals surface area (Å²) in [6.45, 7) is 9.26. The molecule has 8 heteroatoms. The molecule has 0 bridgehead atoms. The summed E-state index contributed by atoms with van der Waals surface area (Å²) in [6, 6.07) is 11.2. The zero-order valence-electron chi connectivity index (χ0n) is 25.7. The number of rotatable bonds is 15. The highest BCUT2D eigenvalue weighted by molar-refractivity contribution is 5.96. The maximum Gasteiger partial charge on any atom is 0.244 e. The number of nitrogens with one attached hydrogen (secondary N) is 1. The molecule has 0 aromatic heterocycles. The van der Waals surface area contributed by atoms with Crippen molar-refractivity contribution in [3.63, 3.8) is 0 Å². The number of halogens is 2. The molecule has 232 valence electrons. The van der Waals surface area contributed by atoms with Crippen molar-refractivity contribution in [2.75, 3.05) is 19.6 Å². The van der Waals surface area contributed by atoms with Crippen LogP contribution in [0.1, 0.15) is 63.6 Å². The Balaban J connectivity index is 2.07. The van der Waals surface area contributed by atoms with E-state index in [-0.39, 0.29) is 30.9 Å². The summed E-state index contributed by atoms with van der Waals surface area (Å²) in [5, 5.41) is 15.2. The minimum absolute atomic E-state index is 0.00194. The lowest BCUT2D eigenvalue weighted by Gasteiger charge is -2.45. The topological polar surface area (TPSA) is 95.7 Å². The highest BCUT2D eigenvalue weighted by atomic mass is 19.1. The second kappa shape index (κ2) is 15.7. The van der Waals surface area contributed by atoms with Gasteiger partial charge in [0.2, 0.25) is 11.8 Å². The van der Waals surface area contributed by atoms with E-state index in [1.165, 1.54) is 12.1 Å². The predicted molar refractivity (Wildman–Crippen MR) is 168 cm³/mol.